The van der Waals surface area contributed by atoms with Crippen LogP contribution < -0.4 is 0 Å². The fourth-order valence-electron chi connectivity index (χ4n) is 2.31. The Balaban J connectivity index is 1.68. The van der Waals surface area contributed by atoms with Gasteiger partial charge in [0.15, 0.2) is 0 Å². The molecule has 0 aliphatic heterocycles. The van der Waals surface area contributed by atoms with Gasteiger partial charge in [-0.15, -0.1) is 6.58 Å². The molecule has 0 aliphatic rings. The molecule has 1 atom stereocenters. The monoisotopic (exact) mass is 296 g/mol. The molecule has 0 saturated heterocycles. The summed E-state index contributed by atoms with van der Waals surface area (Å²) >= 11 is 0. The van der Waals surface area contributed by atoms with Crippen LogP contribution in [0.25, 0.3) is 0 Å². The number of benzene rings is 2. The van der Waals surface area contributed by atoms with E-state index in [2.05, 4.69) is 43.0 Å². The predicted octanol–water partition coefficient (Wildman–Crippen LogP) is 4.75. The molecule has 0 N–H and O–H groups in total. The second kappa shape index (κ2) is 9.93. The smallest absolute Gasteiger partial charge is 0.147 e. The minimum absolute atomic E-state index is 0.161. The first-order chi connectivity index (χ1) is 10.9. The van der Waals surface area contributed by atoms with Crippen LogP contribution in [0.15, 0.2) is 73.3 Å². The molecule has 0 fully saturated rings. The van der Waals surface area contributed by atoms with Crippen molar-refractivity contribution in [2.45, 2.75) is 32.0 Å². The van der Waals surface area contributed by atoms with Gasteiger partial charge in [0.25, 0.3) is 0 Å². The van der Waals surface area contributed by atoms with Gasteiger partial charge < -0.3 is 9.47 Å². The summed E-state index contributed by atoms with van der Waals surface area (Å²) < 4.78 is 11.4. The van der Waals surface area contributed by atoms with Gasteiger partial charge in [-0.1, -0.05) is 66.7 Å². The zero-order valence-electron chi connectivity index (χ0n) is 13.0. The molecule has 0 radical (unpaired) electrons. The normalized spacial score (nSPS) is 12.0. The van der Waals surface area contributed by atoms with Crippen LogP contribution in [-0.4, -0.2) is 12.9 Å². The molecule has 2 rings (SSSR count). The predicted molar refractivity (Wildman–Crippen MR) is 90.5 cm³/mol. The quantitative estimate of drug-likeness (QED) is 0.358. The number of hydrogen-bond acceptors (Lipinski definition) is 2. The van der Waals surface area contributed by atoms with Gasteiger partial charge >= 0.3 is 0 Å². The number of rotatable bonds is 10. The van der Waals surface area contributed by atoms with Crippen molar-refractivity contribution in [2.75, 3.05) is 6.79 Å². The molecule has 0 aliphatic carbocycles. The Morgan fingerprint density at radius 2 is 1.55 bits per heavy atom. The van der Waals surface area contributed by atoms with Crippen molar-refractivity contribution >= 4 is 0 Å². The molecule has 0 aromatic heterocycles. The van der Waals surface area contributed by atoms with Crippen molar-refractivity contribution in [1.29, 1.82) is 0 Å². The lowest BCUT2D eigenvalue weighted by molar-refractivity contribution is -0.0965. The summed E-state index contributed by atoms with van der Waals surface area (Å²) in [4.78, 5) is 0. The van der Waals surface area contributed by atoms with Gasteiger partial charge in [-0.2, -0.15) is 0 Å². The highest BCUT2D eigenvalue weighted by molar-refractivity contribution is 5.15. The summed E-state index contributed by atoms with van der Waals surface area (Å²) in [7, 11) is 0. The van der Waals surface area contributed by atoms with E-state index >= 15 is 0 Å². The van der Waals surface area contributed by atoms with E-state index in [-0.39, 0.29) is 6.10 Å². The van der Waals surface area contributed by atoms with Gasteiger partial charge in [-0.25, -0.2) is 0 Å². The molecule has 0 bridgehead atoms. The Hall–Kier alpha value is -1.90. The van der Waals surface area contributed by atoms with E-state index in [9.17, 15) is 0 Å². The van der Waals surface area contributed by atoms with Crippen LogP contribution in [0.4, 0.5) is 0 Å². The van der Waals surface area contributed by atoms with Crippen LogP contribution in [0.2, 0.25) is 0 Å². The summed E-state index contributed by atoms with van der Waals surface area (Å²) in [5.74, 6) is 0. The minimum atomic E-state index is 0.161. The highest BCUT2D eigenvalue weighted by Crippen LogP contribution is 2.11. The standard InChI is InChI=1S/C20H24O2/c1-2-9-20(15-14-18-10-5-3-6-11-18)22-17-21-16-19-12-7-4-8-13-19/h2-8,10-13,20H,1,9,14-17H2. The summed E-state index contributed by atoms with van der Waals surface area (Å²) in [6, 6.07) is 20.6. The maximum atomic E-state index is 5.83. The van der Waals surface area contributed by atoms with E-state index in [1.807, 2.05) is 30.3 Å². The summed E-state index contributed by atoms with van der Waals surface area (Å²) in [5.41, 5.74) is 2.50. The summed E-state index contributed by atoms with van der Waals surface area (Å²) in [6.07, 6.45) is 4.91. The number of ether oxygens (including phenoxy) is 2. The Bertz CT molecular complexity index is 522. The fraction of sp³-hybridized carbons (Fsp3) is 0.300. The van der Waals surface area contributed by atoms with Crippen molar-refractivity contribution in [3.63, 3.8) is 0 Å². The molecule has 2 heteroatoms. The van der Waals surface area contributed by atoms with Crippen LogP contribution in [0.5, 0.6) is 0 Å². The third-order valence-corrected chi connectivity index (χ3v) is 3.53. The van der Waals surface area contributed by atoms with E-state index in [0.29, 0.717) is 13.4 Å². The molecule has 2 aromatic carbocycles. The first kappa shape index (κ1) is 16.5. The van der Waals surface area contributed by atoms with Crippen LogP contribution in [0.3, 0.4) is 0 Å². The SMILES string of the molecule is C=CCC(CCc1ccccc1)OCOCc1ccccc1. The second-order valence-corrected chi connectivity index (χ2v) is 5.29. The van der Waals surface area contributed by atoms with Crippen molar-refractivity contribution in [2.24, 2.45) is 0 Å². The van der Waals surface area contributed by atoms with E-state index in [1.54, 1.807) is 0 Å². The van der Waals surface area contributed by atoms with Crippen molar-refractivity contribution < 1.29 is 9.47 Å². The van der Waals surface area contributed by atoms with Gasteiger partial charge in [0, 0.05) is 0 Å². The largest absolute Gasteiger partial charge is 0.352 e. The average Bonchev–Trinajstić information content (AvgIpc) is 2.58. The maximum absolute atomic E-state index is 5.83. The lowest BCUT2D eigenvalue weighted by Gasteiger charge is -2.16. The van der Waals surface area contributed by atoms with Gasteiger partial charge in [0.05, 0.1) is 12.7 Å². The van der Waals surface area contributed by atoms with Gasteiger partial charge in [0.1, 0.15) is 6.79 Å². The summed E-state index contributed by atoms with van der Waals surface area (Å²) in [6.45, 7) is 4.72. The molecule has 0 spiro atoms. The van der Waals surface area contributed by atoms with Gasteiger partial charge in [-0.05, 0) is 30.4 Å². The van der Waals surface area contributed by atoms with Crippen molar-refractivity contribution in [3.8, 4) is 0 Å². The Kier molecular flexibility index (Phi) is 7.44. The molecule has 2 aromatic rings. The summed E-state index contributed by atoms with van der Waals surface area (Å²) in [5, 5.41) is 0. The third kappa shape index (κ3) is 6.25. The molecule has 0 heterocycles. The fourth-order valence-corrected chi connectivity index (χ4v) is 2.31. The highest BCUT2D eigenvalue weighted by atomic mass is 16.7. The van der Waals surface area contributed by atoms with E-state index in [4.69, 9.17) is 9.47 Å². The molecule has 1 unspecified atom stereocenters. The first-order valence-electron chi connectivity index (χ1n) is 7.76. The molecule has 0 amide bonds. The average molecular weight is 296 g/mol. The van der Waals surface area contributed by atoms with Crippen LogP contribution >= 0.6 is 0 Å². The van der Waals surface area contributed by atoms with Gasteiger partial charge in [0.2, 0.25) is 0 Å². The van der Waals surface area contributed by atoms with Crippen LogP contribution in [-0.2, 0) is 22.5 Å². The topological polar surface area (TPSA) is 18.5 Å². The molecule has 22 heavy (non-hydrogen) atoms. The maximum Gasteiger partial charge on any atom is 0.147 e. The van der Waals surface area contributed by atoms with Crippen LogP contribution in [0, 0.1) is 0 Å². The molecule has 0 saturated carbocycles. The lowest BCUT2D eigenvalue weighted by atomic mass is 10.1. The first-order valence-corrected chi connectivity index (χ1v) is 7.76. The number of hydrogen-bond donors (Lipinski definition) is 0. The van der Waals surface area contributed by atoms with Crippen molar-refractivity contribution in [1.82, 2.24) is 0 Å². The minimum Gasteiger partial charge on any atom is -0.352 e. The van der Waals surface area contributed by atoms with Crippen molar-refractivity contribution in [3.05, 3.63) is 84.4 Å². The zero-order valence-corrected chi connectivity index (χ0v) is 13.0. The Morgan fingerprint density at radius 1 is 0.909 bits per heavy atom. The van der Waals surface area contributed by atoms with E-state index < -0.39 is 0 Å². The van der Waals surface area contributed by atoms with Crippen LogP contribution in [0.1, 0.15) is 24.0 Å². The zero-order chi connectivity index (χ0) is 15.5. The number of aryl methyl sites for hydroxylation is 1. The van der Waals surface area contributed by atoms with E-state index in [1.165, 1.54) is 5.56 Å². The highest BCUT2D eigenvalue weighted by Gasteiger charge is 2.07. The molecule has 2 nitrogen and oxygen atoms in total. The Labute approximate surface area is 133 Å². The van der Waals surface area contributed by atoms with E-state index in [0.717, 1.165) is 24.8 Å². The lowest BCUT2D eigenvalue weighted by Crippen LogP contribution is -2.15. The Morgan fingerprint density at radius 3 is 2.18 bits per heavy atom. The molecular weight excluding hydrogens is 272 g/mol. The molecular formula is C20H24O2. The van der Waals surface area contributed by atoms with Gasteiger partial charge in [-0.3, -0.25) is 0 Å². The second-order valence-electron chi connectivity index (χ2n) is 5.29. The third-order valence-electron chi connectivity index (χ3n) is 3.53. The molecule has 116 valence electrons.